The van der Waals surface area contributed by atoms with Gasteiger partial charge in [0.25, 0.3) is 0 Å². The van der Waals surface area contributed by atoms with Gasteiger partial charge in [0.15, 0.2) is 0 Å². The Morgan fingerprint density at radius 2 is 2.37 bits per heavy atom. The number of carboxylic acids is 1. The fourth-order valence-electron chi connectivity index (χ4n) is 1.41. The molecular formula is C13H13NO3S2. The number of thiazole rings is 1. The van der Waals surface area contributed by atoms with Crippen molar-refractivity contribution >= 4 is 29.1 Å². The maximum absolute atomic E-state index is 10.8. The standard InChI is InChI=1S/C13H13NO3S2/c15-12(16)10-3-1-4-11(9-10)17-6-2-7-18-13-14-5-8-19-13/h1,3-5,8-9H,2,6-7H2,(H,15,16). The van der Waals surface area contributed by atoms with E-state index in [4.69, 9.17) is 9.84 Å². The molecule has 0 fully saturated rings. The Morgan fingerprint density at radius 3 is 3.11 bits per heavy atom. The lowest BCUT2D eigenvalue weighted by Gasteiger charge is -2.06. The third-order valence-corrected chi connectivity index (χ3v) is 4.33. The fraction of sp³-hybridized carbons (Fsp3) is 0.231. The van der Waals surface area contributed by atoms with Gasteiger partial charge >= 0.3 is 5.97 Å². The summed E-state index contributed by atoms with van der Waals surface area (Å²) in [7, 11) is 0. The first kappa shape index (κ1) is 13.9. The molecule has 19 heavy (non-hydrogen) atoms. The van der Waals surface area contributed by atoms with E-state index in [1.54, 1.807) is 47.5 Å². The van der Waals surface area contributed by atoms with Gasteiger partial charge in [-0.1, -0.05) is 17.8 Å². The minimum atomic E-state index is -0.940. The molecule has 0 amide bonds. The number of ether oxygens (including phenoxy) is 1. The van der Waals surface area contributed by atoms with E-state index >= 15 is 0 Å². The van der Waals surface area contributed by atoms with Gasteiger partial charge in [-0.05, 0) is 24.6 Å². The number of thioether (sulfide) groups is 1. The number of aromatic nitrogens is 1. The molecule has 0 aliphatic carbocycles. The zero-order valence-corrected chi connectivity index (χ0v) is 11.7. The zero-order valence-electron chi connectivity index (χ0n) is 10.1. The van der Waals surface area contributed by atoms with Crippen molar-refractivity contribution in [3.8, 4) is 5.75 Å². The SMILES string of the molecule is O=C(O)c1cccc(OCCCSc2nccs2)c1. The molecule has 0 saturated heterocycles. The highest BCUT2D eigenvalue weighted by molar-refractivity contribution is 8.00. The Kier molecular flexibility index (Phi) is 5.23. The van der Waals surface area contributed by atoms with E-state index in [2.05, 4.69) is 4.98 Å². The lowest BCUT2D eigenvalue weighted by molar-refractivity contribution is 0.0696. The van der Waals surface area contributed by atoms with Gasteiger partial charge in [-0.25, -0.2) is 9.78 Å². The van der Waals surface area contributed by atoms with Gasteiger partial charge in [0.2, 0.25) is 0 Å². The largest absolute Gasteiger partial charge is 0.494 e. The van der Waals surface area contributed by atoms with Crippen LogP contribution in [-0.2, 0) is 0 Å². The number of nitrogens with zero attached hydrogens (tertiary/aromatic N) is 1. The summed E-state index contributed by atoms with van der Waals surface area (Å²) in [5.41, 5.74) is 0.245. The Morgan fingerprint density at radius 1 is 1.47 bits per heavy atom. The number of hydrogen-bond acceptors (Lipinski definition) is 5. The lowest BCUT2D eigenvalue weighted by Crippen LogP contribution is -2.01. The van der Waals surface area contributed by atoms with Crippen LogP contribution in [0.2, 0.25) is 0 Å². The monoisotopic (exact) mass is 295 g/mol. The van der Waals surface area contributed by atoms with E-state index in [0.717, 1.165) is 16.5 Å². The first-order valence-corrected chi connectivity index (χ1v) is 7.60. The molecule has 4 nitrogen and oxygen atoms in total. The van der Waals surface area contributed by atoms with Crippen molar-refractivity contribution < 1.29 is 14.6 Å². The Labute approximate surface area is 119 Å². The molecular weight excluding hydrogens is 282 g/mol. The van der Waals surface area contributed by atoms with Crippen LogP contribution < -0.4 is 4.74 Å². The van der Waals surface area contributed by atoms with Gasteiger partial charge in [-0.15, -0.1) is 11.3 Å². The van der Waals surface area contributed by atoms with Crippen molar-refractivity contribution in [1.82, 2.24) is 4.98 Å². The van der Waals surface area contributed by atoms with Crippen LogP contribution >= 0.6 is 23.1 Å². The molecule has 1 aromatic carbocycles. The van der Waals surface area contributed by atoms with Gasteiger partial charge in [-0.2, -0.15) is 0 Å². The van der Waals surface area contributed by atoms with Crippen molar-refractivity contribution in [1.29, 1.82) is 0 Å². The second-order valence-electron chi connectivity index (χ2n) is 3.68. The minimum Gasteiger partial charge on any atom is -0.494 e. The molecule has 1 heterocycles. The molecule has 0 radical (unpaired) electrons. The second-order valence-corrected chi connectivity index (χ2v) is 5.92. The number of carboxylic acid groups (broad SMARTS) is 1. The molecule has 2 rings (SSSR count). The maximum atomic E-state index is 10.8. The van der Waals surface area contributed by atoms with Crippen LogP contribution in [-0.4, -0.2) is 28.4 Å². The van der Waals surface area contributed by atoms with E-state index in [0.29, 0.717) is 12.4 Å². The topological polar surface area (TPSA) is 59.4 Å². The molecule has 0 bridgehead atoms. The average Bonchev–Trinajstić information content (AvgIpc) is 2.92. The Hall–Kier alpha value is -1.53. The summed E-state index contributed by atoms with van der Waals surface area (Å²) in [5.74, 6) is 0.593. The van der Waals surface area contributed by atoms with Crippen LogP contribution in [0.5, 0.6) is 5.75 Å². The lowest BCUT2D eigenvalue weighted by atomic mass is 10.2. The third-order valence-electron chi connectivity index (χ3n) is 2.27. The molecule has 6 heteroatoms. The molecule has 2 aromatic rings. The predicted octanol–water partition coefficient (Wildman–Crippen LogP) is 3.40. The molecule has 1 aromatic heterocycles. The van der Waals surface area contributed by atoms with Crippen molar-refractivity contribution in [3.05, 3.63) is 41.4 Å². The summed E-state index contributed by atoms with van der Waals surface area (Å²) in [6.45, 7) is 0.571. The number of carbonyl (C=O) groups is 1. The molecule has 0 atom stereocenters. The zero-order chi connectivity index (χ0) is 13.5. The number of benzene rings is 1. The summed E-state index contributed by atoms with van der Waals surface area (Å²) in [4.78, 5) is 15.0. The number of aromatic carboxylic acids is 1. The highest BCUT2D eigenvalue weighted by Crippen LogP contribution is 2.21. The number of hydrogen-bond donors (Lipinski definition) is 1. The van der Waals surface area contributed by atoms with Gasteiger partial charge in [0, 0.05) is 17.3 Å². The Bertz CT molecular complexity index is 528. The summed E-state index contributed by atoms with van der Waals surface area (Å²) >= 11 is 3.33. The maximum Gasteiger partial charge on any atom is 0.335 e. The highest BCUT2D eigenvalue weighted by atomic mass is 32.2. The smallest absolute Gasteiger partial charge is 0.335 e. The van der Waals surface area contributed by atoms with Gasteiger partial charge in [-0.3, -0.25) is 0 Å². The first-order chi connectivity index (χ1) is 9.25. The van der Waals surface area contributed by atoms with Gasteiger partial charge in [0.1, 0.15) is 10.1 Å². The van der Waals surface area contributed by atoms with Crippen LogP contribution in [0.15, 0.2) is 40.2 Å². The van der Waals surface area contributed by atoms with E-state index < -0.39 is 5.97 Å². The van der Waals surface area contributed by atoms with Crippen molar-refractivity contribution in [2.75, 3.05) is 12.4 Å². The normalized spacial score (nSPS) is 10.3. The van der Waals surface area contributed by atoms with Crippen LogP contribution in [0.3, 0.4) is 0 Å². The van der Waals surface area contributed by atoms with Crippen LogP contribution in [0, 0.1) is 0 Å². The summed E-state index contributed by atoms with van der Waals surface area (Å²) < 4.78 is 6.59. The average molecular weight is 295 g/mol. The molecule has 0 saturated carbocycles. The Balaban J connectivity index is 1.70. The molecule has 0 unspecified atom stereocenters. The van der Waals surface area contributed by atoms with E-state index in [9.17, 15) is 4.79 Å². The van der Waals surface area contributed by atoms with Gasteiger partial charge < -0.3 is 9.84 Å². The summed E-state index contributed by atoms with van der Waals surface area (Å²) in [6, 6.07) is 6.54. The van der Waals surface area contributed by atoms with Crippen LogP contribution in [0.4, 0.5) is 0 Å². The van der Waals surface area contributed by atoms with E-state index in [-0.39, 0.29) is 5.56 Å². The molecule has 0 aliphatic heterocycles. The summed E-state index contributed by atoms with van der Waals surface area (Å²) in [6.07, 6.45) is 2.68. The number of rotatable bonds is 7. The van der Waals surface area contributed by atoms with Crippen molar-refractivity contribution in [2.45, 2.75) is 10.8 Å². The van der Waals surface area contributed by atoms with Crippen LogP contribution in [0.25, 0.3) is 0 Å². The quantitative estimate of drug-likeness (QED) is 0.626. The third kappa shape index (κ3) is 4.57. The molecule has 100 valence electrons. The minimum absolute atomic E-state index is 0.245. The summed E-state index contributed by atoms with van der Waals surface area (Å²) in [5, 5.41) is 10.8. The second kappa shape index (κ2) is 7.16. The van der Waals surface area contributed by atoms with Crippen molar-refractivity contribution in [2.24, 2.45) is 0 Å². The highest BCUT2D eigenvalue weighted by Gasteiger charge is 2.03. The predicted molar refractivity (Wildman–Crippen MR) is 76.4 cm³/mol. The molecule has 0 aliphatic rings. The van der Waals surface area contributed by atoms with E-state index in [1.165, 1.54) is 6.07 Å². The van der Waals surface area contributed by atoms with Crippen LogP contribution in [0.1, 0.15) is 16.8 Å². The first-order valence-electron chi connectivity index (χ1n) is 5.74. The van der Waals surface area contributed by atoms with Crippen molar-refractivity contribution in [3.63, 3.8) is 0 Å². The van der Waals surface area contributed by atoms with Gasteiger partial charge in [0.05, 0.1) is 12.2 Å². The molecule has 0 spiro atoms. The molecule has 1 N–H and O–H groups in total. The fourth-order valence-corrected chi connectivity index (χ4v) is 3.03. The van der Waals surface area contributed by atoms with E-state index in [1.807, 2.05) is 5.38 Å².